The Labute approximate surface area is 217 Å². The molecule has 0 saturated carbocycles. The summed E-state index contributed by atoms with van der Waals surface area (Å²) in [4.78, 5) is 22.2. The highest BCUT2D eigenvalue weighted by atomic mass is 19.1. The maximum atomic E-state index is 14.2. The van der Waals surface area contributed by atoms with Gasteiger partial charge in [0.05, 0.1) is 28.6 Å². The molecule has 1 aromatic carbocycles. The second-order valence-corrected chi connectivity index (χ2v) is 9.28. The lowest BCUT2D eigenvalue weighted by Crippen LogP contribution is -2.40. The molecule has 0 aliphatic heterocycles. The molecule has 8 nitrogen and oxygen atoms in total. The average Bonchev–Trinajstić information content (AvgIpc) is 3.57. The van der Waals surface area contributed by atoms with Crippen molar-refractivity contribution < 1.29 is 18.1 Å². The summed E-state index contributed by atoms with van der Waals surface area (Å²) in [7, 11) is 1.82. The molecule has 1 atom stereocenters. The molecule has 4 aromatic heterocycles. The van der Waals surface area contributed by atoms with Crippen molar-refractivity contribution in [3.05, 3.63) is 107 Å². The third-order valence-electron chi connectivity index (χ3n) is 6.37. The van der Waals surface area contributed by atoms with Gasteiger partial charge in [0.25, 0.3) is 5.91 Å². The zero-order valence-electron chi connectivity index (χ0n) is 20.9. The van der Waals surface area contributed by atoms with Crippen molar-refractivity contribution in [3.8, 4) is 22.6 Å². The highest BCUT2D eigenvalue weighted by Gasteiger charge is 2.33. The van der Waals surface area contributed by atoms with Crippen molar-refractivity contribution in [3.63, 3.8) is 0 Å². The van der Waals surface area contributed by atoms with E-state index in [0.29, 0.717) is 0 Å². The van der Waals surface area contributed by atoms with E-state index < -0.39 is 23.0 Å². The molecule has 192 valence electrons. The highest BCUT2D eigenvalue weighted by Crippen LogP contribution is 2.32. The Balaban J connectivity index is 1.43. The van der Waals surface area contributed by atoms with Gasteiger partial charge in [-0.05, 0) is 49.7 Å². The van der Waals surface area contributed by atoms with E-state index in [1.165, 1.54) is 12.1 Å². The molecule has 1 amide bonds. The average molecular weight is 515 g/mol. The Hall–Kier alpha value is -4.73. The number of carbonyl (C=O) groups is 1. The number of hydrogen-bond acceptors (Lipinski definition) is 6. The second-order valence-electron chi connectivity index (χ2n) is 9.28. The summed E-state index contributed by atoms with van der Waals surface area (Å²) in [6, 6.07) is 12.1. The van der Waals surface area contributed by atoms with Crippen molar-refractivity contribution in [2.24, 2.45) is 7.05 Å². The van der Waals surface area contributed by atoms with E-state index in [0.717, 1.165) is 40.2 Å². The second kappa shape index (κ2) is 9.97. The normalized spacial score (nSPS) is 12.8. The van der Waals surface area contributed by atoms with Crippen LogP contribution in [0, 0.1) is 18.6 Å². The number of halogens is 2. The summed E-state index contributed by atoms with van der Waals surface area (Å²) < 4.78 is 34.3. The predicted molar refractivity (Wildman–Crippen MR) is 136 cm³/mol. The summed E-state index contributed by atoms with van der Waals surface area (Å²) in [6.45, 7) is 4.09. The van der Waals surface area contributed by atoms with Crippen LogP contribution in [0.3, 0.4) is 0 Å². The first kappa shape index (κ1) is 24.9. The van der Waals surface area contributed by atoms with E-state index in [-0.39, 0.29) is 23.6 Å². The SMILES string of the molecule is Cc1cncc(-c2cccc(C(C)(CNC(=O)c3cc(-c4ccc(F)cc4F)on3)c3cnn(C)c3)n2)c1. The van der Waals surface area contributed by atoms with E-state index in [2.05, 4.69) is 20.6 Å². The fourth-order valence-electron chi connectivity index (χ4n) is 4.19. The van der Waals surface area contributed by atoms with E-state index in [1.54, 1.807) is 23.3 Å². The van der Waals surface area contributed by atoms with Crippen molar-refractivity contribution in [2.45, 2.75) is 19.3 Å². The lowest BCUT2D eigenvalue weighted by molar-refractivity contribution is 0.0938. The van der Waals surface area contributed by atoms with E-state index in [9.17, 15) is 13.6 Å². The maximum Gasteiger partial charge on any atom is 0.273 e. The van der Waals surface area contributed by atoms with E-state index in [4.69, 9.17) is 9.51 Å². The minimum atomic E-state index is -0.813. The number of nitrogens with zero attached hydrogens (tertiary/aromatic N) is 5. The molecule has 0 saturated heterocycles. The van der Waals surface area contributed by atoms with Crippen molar-refractivity contribution in [1.82, 2.24) is 30.2 Å². The number of nitrogens with one attached hydrogen (secondary N) is 1. The monoisotopic (exact) mass is 514 g/mol. The standard InChI is InChI=1S/C28H24F2N6O2/c1-17-9-18(13-31-12-17)23-5-4-6-26(34-23)28(2,19-14-33-36(3)15-19)16-32-27(37)24-11-25(38-35-24)21-8-7-20(29)10-22(21)30/h4-15H,16H2,1-3H3,(H,32,37). The number of aromatic nitrogens is 5. The number of rotatable bonds is 7. The van der Waals surface area contributed by atoms with Crippen LogP contribution in [0.2, 0.25) is 0 Å². The van der Waals surface area contributed by atoms with Crippen LogP contribution >= 0.6 is 0 Å². The molecule has 5 aromatic rings. The zero-order valence-corrected chi connectivity index (χ0v) is 20.9. The van der Waals surface area contributed by atoms with Crippen LogP contribution in [-0.2, 0) is 12.5 Å². The molecular weight excluding hydrogens is 490 g/mol. The maximum absolute atomic E-state index is 14.2. The van der Waals surface area contributed by atoms with Crippen LogP contribution in [-0.4, -0.2) is 37.4 Å². The lowest BCUT2D eigenvalue weighted by Gasteiger charge is -2.29. The van der Waals surface area contributed by atoms with Gasteiger partial charge in [-0.2, -0.15) is 5.10 Å². The van der Waals surface area contributed by atoms with Gasteiger partial charge in [0.2, 0.25) is 0 Å². The van der Waals surface area contributed by atoms with Crippen molar-refractivity contribution in [1.29, 1.82) is 0 Å². The number of carbonyl (C=O) groups excluding carboxylic acids is 1. The molecule has 0 radical (unpaired) electrons. The minimum Gasteiger partial charge on any atom is -0.355 e. The van der Waals surface area contributed by atoms with Gasteiger partial charge in [0.1, 0.15) is 11.6 Å². The van der Waals surface area contributed by atoms with Crippen LogP contribution in [0.1, 0.15) is 34.2 Å². The third kappa shape index (κ3) is 4.93. The molecule has 1 N–H and O–H groups in total. The van der Waals surface area contributed by atoms with Crippen molar-refractivity contribution in [2.75, 3.05) is 6.54 Å². The first-order chi connectivity index (χ1) is 18.2. The molecule has 0 fully saturated rings. The molecule has 38 heavy (non-hydrogen) atoms. The predicted octanol–water partition coefficient (Wildman–Crippen LogP) is 4.85. The van der Waals surface area contributed by atoms with E-state index in [1.807, 2.05) is 51.4 Å². The number of amides is 1. The van der Waals surface area contributed by atoms with Gasteiger partial charge >= 0.3 is 0 Å². The van der Waals surface area contributed by atoms with Gasteiger partial charge in [0, 0.05) is 55.4 Å². The first-order valence-corrected chi connectivity index (χ1v) is 11.8. The summed E-state index contributed by atoms with van der Waals surface area (Å²) in [5, 5.41) is 11.0. The van der Waals surface area contributed by atoms with Gasteiger partial charge in [-0.15, -0.1) is 0 Å². The summed E-state index contributed by atoms with van der Waals surface area (Å²) in [6.07, 6.45) is 7.15. The Kier molecular flexibility index (Phi) is 6.54. The highest BCUT2D eigenvalue weighted by molar-refractivity contribution is 5.93. The number of pyridine rings is 2. The van der Waals surface area contributed by atoms with Gasteiger partial charge < -0.3 is 9.84 Å². The fourth-order valence-corrected chi connectivity index (χ4v) is 4.19. The lowest BCUT2D eigenvalue weighted by atomic mass is 9.80. The summed E-state index contributed by atoms with van der Waals surface area (Å²) in [5.74, 6) is -2.03. The molecule has 0 aliphatic carbocycles. The molecule has 5 rings (SSSR count). The van der Waals surface area contributed by atoms with Gasteiger partial charge in [-0.1, -0.05) is 11.2 Å². The molecular formula is C28H24F2N6O2. The Bertz CT molecular complexity index is 1630. The first-order valence-electron chi connectivity index (χ1n) is 11.8. The van der Waals surface area contributed by atoms with Crippen LogP contribution < -0.4 is 5.32 Å². The molecule has 0 bridgehead atoms. The quantitative estimate of drug-likeness (QED) is 0.333. The molecule has 0 spiro atoms. The van der Waals surface area contributed by atoms with Crippen LogP contribution in [0.4, 0.5) is 8.78 Å². The van der Waals surface area contributed by atoms with Gasteiger partial charge in [0.15, 0.2) is 11.5 Å². The van der Waals surface area contributed by atoms with E-state index >= 15 is 0 Å². The molecule has 10 heteroatoms. The molecule has 4 heterocycles. The largest absolute Gasteiger partial charge is 0.355 e. The van der Waals surface area contributed by atoms with Crippen LogP contribution in [0.25, 0.3) is 22.6 Å². The van der Waals surface area contributed by atoms with Crippen molar-refractivity contribution >= 4 is 5.91 Å². The Morgan fingerprint density at radius 2 is 1.95 bits per heavy atom. The van der Waals surface area contributed by atoms with Gasteiger partial charge in [-0.3, -0.25) is 19.4 Å². The van der Waals surface area contributed by atoms with Crippen LogP contribution in [0.15, 0.2) is 77.8 Å². The zero-order chi connectivity index (χ0) is 26.9. The van der Waals surface area contributed by atoms with Gasteiger partial charge in [-0.25, -0.2) is 8.78 Å². The number of benzene rings is 1. The molecule has 1 unspecified atom stereocenters. The topological polar surface area (TPSA) is 98.7 Å². The summed E-state index contributed by atoms with van der Waals surface area (Å²) >= 11 is 0. The number of hydrogen-bond donors (Lipinski definition) is 1. The van der Waals surface area contributed by atoms with Crippen LogP contribution in [0.5, 0.6) is 0 Å². The molecule has 0 aliphatic rings. The number of aryl methyl sites for hydroxylation is 2. The Morgan fingerprint density at radius 1 is 1.11 bits per heavy atom. The fraction of sp³-hybridized carbons (Fsp3) is 0.179. The summed E-state index contributed by atoms with van der Waals surface area (Å²) in [5.41, 5.74) is 3.43. The smallest absolute Gasteiger partial charge is 0.273 e. The third-order valence-corrected chi connectivity index (χ3v) is 6.37. The Morgan fingerprint density at radius 3 is 2.68 bits per heavy atom. The minimum absolute atomic E-state index is 0.00445.